The number of nitrogens with one attached hydrogen (secondary N) is 1. The van der Waals surface area contributed by atoms with Crippen LogP contribution in [-0.2, 0) is 11.2 Å². The molecule has 3 aromatic carbocycles. The van der Waals surface area contributed by atoms with Crippen LogP contribution in [0.4, 0.5) is 5.69 Å². The van der Waals surface area contributed by atoms with Gasteiger partial charge in [0.1, 0.15) is 18.1 Å². The van der Waals surface area contributed by atoms with Crippen LogP contribution in [-0.4, -0.2) is 56.6 Å². The van der Waals surface area contributed by atoms with Crippen molar-refractivity contribution >= 4 is 29.0 Å². The number of thiocarbonyl (C=S) groups is 1. The molecule has 0 bridgehead atoms. The lowest BCUT2D eigenvalue weighted by Crippen LogP contribution is -2.44. The largest absolute Gasteiger partial charge is 0.494 e. The zero-order valence-electron chi connectivity index (χ0n) is 22.7. The zero-order valence-corrected chi connectivity index (χ0v) is 23.5. The molecule has 4 rings (SSSR count). The number of rotatable bonds is 10. The van der Waals surface area contributed by atoms with Gasteiger partial charge in [-0.2, -0.15) is 0 Å². The Labute approximate surface area is 234 Å². The smallest absolute Gasteiger partial charge is 0.338 e. The fourth-order valence-electron chi connectivity index (χ4n) is 4.52. The van der Waals surface area contributed by atoms with E-state index >= 15 is 0 Å². The Kier molecular flexibility index (Phi) is 9.49. The average molecular weight is 551 g/mol. The SMILES string of the molecule is CCOC(=O)c1ccc(OCC2c3cc(OC)c(OC)cc3CCN2C(=S)Nc2ccc(OCC)cc2)cc1. The van der Waals surface area contributed by atoms with E-state index in [1.165, 1.54) is 0 Å². The number of anilines is 1. The van der Waals surface area contributed by atoms with Gasteiger partial charge in [0, 0.05) is 12.2 Å². The van der Waals surface area contributed by atoms with E-state index in [9.17, 15) is 4.79 Å². The molecule has 0 amide bonds. The van der Waals surface area contributed by atoms with Gasteiger partial charge in [0.2, 0.25) is 0 Å². The summed E-state index contributed by atoms with van der Waals surface area (Å²) < 4.78 is 28.0. The summed E-state index contributed by atoms with van der Waals surface area (Å²) in [4.78, 5) is 14.1. The zero-order chi connectivity index (χ0) is 27.8. The lowest BCUT2D eigenvalue weighted by molar-refractivity contribution is 0.0526. The highest BCUT2D eigenvalue weighted by Crippen LogP contribution is 2.38. The third kappa shape index (κ3) is 6.72. The number of methoxy groups -OCH3 is 2. The average Bonchev–Trinajstić information content (AvgIpc) is 2.96. The molecule has 0 aromatic heterocycles. The maximum Gasteiger partial charge on any atom is 0.338 e. The molecule has 206 valence electrons. The number of esters is 1. The molecule has 1 aliphatic heterocycles. The Morgan fingerprint density at radius 1 is 0.923 bits per heavy atom. The summed E-state index contributed by atoms with van der Waals surface area (Å²) in [7, 11) is 3.26. The fraction of sp³-hybridized carbons (Fsp3) is 0.333. The molecule has 0 spiro atoms. The molecule has 1 unspecified atom stereocenters. The fourth-order valence-corrected chi connectivity index (χ4v) is 4.86. The first-order valence-electron chi connectivity index (χ1n) is 12.9. The summed E-state index contributed by atoms with van der Waals surface area (Å²) in [6.45, 7) is 5.69. The molecule has 9 heteroatoms. The summed E-state index contributed by atoms with van der Waals surface area (Å²) >= 11 is 5.88. The molecule has 39 heavy (non-hydrogen) atoms. The van der Waals surface area contributed by atoms with Crippen molar-refractivity contribution in [2.45, 2.75) is 26.3 Å². The molecule has 0 saturated carbocycles. The molecule has 3 aromatic rings. The normalized spacial score (nSPS) is 14.2. The van der Waals surface area contributed by atoms with Crippen LogP contribution >= 0.6 is 12.2 Å². The Hall–Kier alpha value is -3.98. The first-order chi connectivity index (χ1) is 19.0. The molecule has 0 saturated heterocycles. The molecule has 8 nitrogen and oxygen atoms in total. The molecular weight excluding hydrogens is 516 g/mol. The number of carbonyl (C=O) groups is 1. The Balaban J connectivity index is 1.57. The number of nitrogens with zero attached hydrogens (tertiary/aromatic N) is 1. The predicted molar refractivity (Wildman–Crippen MR) is 154 cm³/mol. The highest BCUT2D eigenvalue weighted by Gasteiger charge is 2.31. The van der Waals surface area contributed by atoms with Gasteiger partial charge in [0.15, 0.2) is 16.6 Å². The maximum absolute atomic E-state index is 12.0. The Morgan fingerprint density at radius 2 is 1.56 bits per heavy atom. The van der Waals surface area contributed by atoms with Crippen LogP contribution < -0.4 is 24.3 Å². The summed E-state index contributed by atoms with van der Waals surface area (Å²) in [5.41, 5.74) is 3.55. The van der Waals surface area contributed by atoms with E-state index in [0.717, 1.165) is 29.0 Å². The van der Waals surface area contributed by atoms with Crippen molar-refractivity contribution in [3.05, 3.63) is 77.4 Å². The van der Waals surface area contributed by atoms with E-state index in [-0.39, 0.29) is 12.0 Å². The monoisotopic (exact) mass is 550 g/mol. The van der Waals surface area contributed by atoms with Gasteiger partial charge in [-0.3, -0.25) is 0 Å². The molecule has 0 aliphatic carbocycles. The molecule has 1 N–H and O–H groups in total. The van der Waals surface area contributed by atoms with Crippen LogP contribution in [0.3, 0.4) is 0 Å². The van der Waals surface area contributed by atoms with Gasteiger partial charge in [-0.15, -0.1) is 0 Å². The van der Waals surface area contributed by atoms with Gasteiger partial charge in [0.25, 0.3) is 0 Å². The predicted octanol–water partition coefficient (Wildman–Crippen LogP) is 5.65. The van der Waals surface area contributed by atoms with Crippen molar-refractivity contribution in [2.24, 2.45) is 0 Å². The summed E-state index contributed by atoms with van der Waals surface area (Å²) in [5, 5.41) is 3.95. The Bertz CT molecular complexity index is 1280. The van der Waals surface area contributed by atoms with Gasteiger partial charge in [0.05, 0.1) is 39.0 Å². The third-order valence-corrected chi connectivity index (χ3v) is 6.79. The Morgan fingerprint density at radius 3 is 2.21 bits per heavy atom. The number of hydrogen-bond acceptors (Lipinski definition) is 7. The van der Waals surface area contributed by atoms with E-state index in [1.807, 2.05) is 43.3 Å². The minimum absolute atomic E-state index is 0.194. The van der Waals surface area contributed by atoms with E-state index < -0.39 is 0 Å². The van der Waals surface area contributed by atoms with Crippen molar-refractivity contribution in [2.75, 3.05) is 45.9 Å². The van der Waals surface area contributed by atoms with Crippen molar-refractivity contribution in [1.82, 2.24) is 4.90 Å². The molecule has 1 aliphatic rings. The summed E-state index contributed by atoms with van der Waals surface area (Å²) in [5.74, 6) is 2.42. The standard InChI is InChI=1S/C30H34N2O6S/c1-5-36-23-13-9-22(10-14-23)31-30(39)32-16-15-21-17-27(34-3)28(35-4)18-25(21)26(32)19-38-24-11-7-20(8-12-24)29(33)37-6-2/h7-14,17-18,26H,5-6,15-16,19H2,1-4H3,(H,31,39). The van der Waals surface area contributed by atoms with Crippen LogP contribution in [0.15, 0.2) is 60.7 Å². The number of ether oxygens (including phenoxy) is 5. The maximum atomic E-state index is 12.0. The second-order valence-electron chi connectivity index (χ2n) is 8.81. The summed E-state index contributed by atoms with van der Waals surface area (Å²) in [6.07, 6.45) is 0.783. The van der Waals surface area contributed by atoms with Crippen LogP contribution in [0.2, 0.25) is 0 Å². The first-order valence-corrected chi connectivity index (χ1v) is 13.3. The molecule has 0 radical (unpaired) electrons. The number of carbonyl (C=O) groups excluding carboxylic acids is 1. The number of benzene rings is 3. The summed E-state index contributed by atoms with van der Waals surface area (Å²) in [6, 6.07) is 18.5. The third-order valence-electron chi connectivity index (χ3n) is 6.45. The lowest BCUT2D eigenvalue weighted by atomic mass is 9.92. The van der Waals surface area contributed by atoms with Gasteiger partial charge < -0.3 is 33.9 Å². The molecular formula is C30H34N2O6S. The molecule has 1 heterocycles. The van der Waals surface area contributed by atoms with Crippen LogP contribution in [0, 0.1) is 0 Å². The number of hydrogen-bond donors (Lipinski definition) is 1. The first kappa shape index (κ1) is 28.0. The molecule has 1 atom stereocenters. The van der Waals surface area contributed by atoms with Crippen molar-refractivity contribution in [3.8, 4) is 23.0 Å². The van der Waals surface area contributed by atoms with Crippen LogP contribution in [0.1, 0.15) is 41.4 Å². The van der Waals surface area contributed by atoms with E-state index in [2.05, 4.69) is 10.2 Å². The van der Waals surface area contributed by atoms with E-state index in [1.54, 1.807) is 45.4 Å². The second kappa shape index (κ2) is 13.2. The van der Waals surface area contributed by atoms with Gasteiger partial charge in [-0.05, 0) is 104 Å². The van der Waals surface area contributed by atoms with Gasteiger partial charge >= 0.3 is 5.97 Å². The quantitative estimate of drug-likeness (QED) is 0.254. The van der Waals surface area contributed by atoms with Gasteiger partial charge in [-0.1, -0.05) is 0 Å². The van der Waals surface area contributed by atoms with Crippen LogP contribution in [0.5, 0.6) is 23.0 Å². The van der Waals surface area contributed by atoms with Crippen molar-refractivity contribution < 1.29 is 28.5 Å². The lowest BCUT2D eigenvalue weighted by Gasteiger charge is -2.39. The molecule has 0 fully saturated rings. The minimum Gasteiger partial charge on any atom is -0.494 e. The van der Waals surface area contributed by atoms with Crippen molar-refractivity contribution in [1.29, 1.82) is 0 Å². The van der Waals surface area contributed by atoms with Crippen LogP contribution in [0.25, 0.3) is 0 Å². The van der Waals surface area contributed by atoms with Crippen molar-refractivity contribution in [3.63, 3.8) is 0 Å². The van der Waals surface area contributed by atoms with E-state index in [0.29, 0.717) is 54.3 Å². The highest BCUT2D eigenvalue weighted by atomic mass is 32.1. The second-order valence-corrected chi connectivity index (χ2v) is 9.20. The van der Waals surface area contributed by atoms with Gasteiger partial charge in [-0.25, -0.2) is 4.79 Å². The highest BCUT2D eigenvalue weighted by molar-refractivity contribution is 7.80. The van der Waals surface area contributed by atoms with E-state index in [4.69, 9.17) is 35.9 Å². The topological polar surface area (TPSA) is 78.5 Å². The number of fused-ring (bicyclic) bond motifs is 1. The minimum atomic E-state index is -0.358.